The lowest BCUT2D eigenvalue weighted by atomic mass is 10.3. The van der Waals surface area contributed by atoms with Gasteiger partial charge in [0, 0.05) is 23.6 Å². The number of benzene rings is 1. The van der Waals surface area contributed by atoms with Crippen LogP contribution in [-0.4, -0.2) is 24.5 Å². The third-order valence-electron chi connectivity index (χ3n) is 3.51. The van der Waals surface area contributed by atoms with Crippen LogP contribution in [0.5, 0.6) is 0 Å². The van der Waals surface area contributed by atoms with Crippen LogP contribution in [0.3, 0.4) is 0 Å². The first-order valence-electron chi connectivity index (χ1n) is 7.01. The van der Waals surface area contributed by atoms with E-state index in [2.05, 4.69) is 26.1 Å². The lowest BCUT2D eigenvalue weighted by Crippen LogP contribution is -1.94. The highest BCUT2D eigenvalue weighted by molar-refractivity contribution is 7.98. The predicted octanol–water partition coefficient (Wildman–Crippen LogP) is 3.09. The molecule has 1 aliphatic rings. The zero-order valence-electron chi connectivity index (χ0n) is 11.5. The van der Waals surface area contributed by atoms with Crippen molar-refractivity contribution in [2.45, 2.75) is 29.8 Å². The van der Waals surface area contributed by atoms with E-state index in [0.29, 0.717) is 6.04 Å². The first-order valence-corrected chi connectivity index (χ1v) is 8.00. The van der Waals surface area contributed by atoms with Crippen LogP contribution >= 0.6 is 11.8 Å². The van der Waals surface area contributed by atoms with Gasteiger partial charge >= 0.3 is 0 Å². The Morgan fingerprint density at radius 3 is 2.86 bits per heavy atom. The Hall–Kier alpha value is -2.08. The molecular formula is C15H15N5S. The fraction of sp³-hybridized carbons (Fsp3) is 0.267. The SMILES string of the molecule is c1ccc(-n2cc(CSc3nncn3C3CC3)cn2)cc1. The standard InChI is InChI=1S/C15H15N5S/c1-2-4-14(5-3-1)20-9-12(8-17-20)10-21-15-18-16-11-19(15)13-6-7-13/h1-5,8-9,11,13H,6-7,10H2. The number of hydrogen-bond donors (Lipinski definition) is 0. The van der Waals surface area contributed by atoms with Gasteiger partial charge in [-0.25, -0.2) is 4.68 Å². The van der Waals surface area contributed by atoms with Gasteiger partial charge in [0.25, 0.3) is 0 Å². The van der Waals surface area contributed by atoms with Crippen LogP contribution < -0.4 is 0 Å². The molecule has 21 heavy (non-hydrogen) atoms. The summed E-state index contributed by atoms with van der Waals surface area (Å²) in [6, 6.07) is 10.8. The van der Waals surface area contributed by atoms with Crippen LogP contribution in [0, 0.1) is 0 Å². The average Bonchev–Trinajstić information content (AvgIpc) is 3.09. The van der Waals surface area contributed by atoms with Crippen LogP contribution in [0.15, 0.2) is 54.2 Å². The summed E-state index contributed by atoms with van der Waals surface area (Å²) in [5.41, 5.74) is 2.27. The lowest BCUT2D eigenvalue weighted by molar-refractivity contribution is 0.663. The van der Waals surface area contributed by atoms with Crippen LogP contribution in [-0.2, 0) is 5.75 Å². The minimum atomic E-state index is 0.620. The largest absolute Gasteiger partial charge is 0.306 e. The highest BCUT2D eigenvalue weighted by Crippen LogP contribution is 2.37. The van der Waals surface area contributed by atoms with Crippen molar-refractivity contribution in [3.63, 3.8) is 0 Å². The monoisotopic (exact) mass is 297 g/mol. The number of nitrogens with zero attached hydrogens (tertiary/aromatic N) is 5. The summed E-state index contributed by atoms with van der Waals surface area (Å²) in [7, 11) is 0. The smallest absolute Gasteiger partial charge is 0.191 e. The molecule has 1 fully saturated rings. The molecule has 6 heteroatoms. The van der Waals surface area contributed by atoms with E-state index < -0.39 is 0 Å². The van der Waals surface area contributed by atoms with Crippen molar-refractivity contribution >= 4 is 11.8 Å². The number of hydrogen-bond acceptors (Lipinski definition) is 4. The van der Waals surface area contributed by atoms with Crippen LogP contribution in [0.2, 0.25) is 0 Å². The average molecular weight is 297 g/mol. The van der Waals surface area contributed by atoms with Gasteiger partial charge in [-0.2, -0.15) is 5.10 Å². The first-order chi connectivity index (χ1) is 10.4. The molecule has 0 bridgehead atoms. The maximum atomic E-state index is 4.42. The Labute approximate surface area is 127 Å². The van der Waals surface area contributed by atoms with Crippen molar-refractivity contribution in [1.82, 2.24) is 24.5 Å². The van der Waals surface area contributed by atoms with E-state index in [1.807, 2.05) is 47.5 Å². The molecule has 0 unspecified atom stereocenters. The Kier molecular flexibility index (Phi) is 3.23. The van der Waals surface area contributed by atoms with Crippen molar-refractivity contribution in [1.29, 1.82) is 0 Å². The first kappa shape index (κ1) is 12.6. The van der Waals surface area contributed by atoms with E-state index in [9.17, 15) is 0 Å². The summed E-state index contributed by atoms with van der Waals surface area (Å²) in [6.07, 6.45) is 8.32. The minimum absolute atomic E-state index is 0.620. The molecule has 0 amide bonds. The molecule has 2 heterocycles. The Morgan fingerprint density at radius 1 is 1.19 bits per heavy atom. The predicted molar refractivity (Wildman–Crippen MR) is 81.4 cm³/mol. The van der Waals surface area contributed by atoms with Crippen LogP contribution in [0.4, 0.5) is 0 Å². The third kappa shape index (κ3) is 2.71. The highest BCUT2D eigenvalue weighted by Gasteiger charge is 2.26. The van der Waals surface area contributed by atoms with Crippen LogP contribution in [0.1, 0.15) is 24.4 Å². The van der Waals surface area contributed by atoms with Gasteiger partial charge in [-0.1, -0.05) is 30.0 Å². The van der Waals surface area contributed by atoms with Gasteiger partial charge in [0.05, 0.1) is 11.9 Å². The topological polar surface area (TPSA) is 48.5 Å². The van der Waals surface area contributed by atoms with Gasteiger partial charge < -0.3 is 4.57 Å². The normalized spacial score (nSPS) is 14.5. The van der Waals surface area contributed by atoms with E-state index in [1.165, 1.54) is 18.4 Å². The van der Waals surface area contributed by atoms with E-state index in [0.717, 1.165) is 16.6 Å². The molecule has 0 aliphatic heterocycles. The number of thioether (sulfide) groups is 1. The molecule has 0 radical (unpaired) electrons. The van der Waals surface area contributed by atoms with E-state index in [-0.39, 0.29) is 0 Å². The molecule has 2 aromatic heterocycles. The fourth-order valence-corrected chi connectivity index (χ4v) is 3.14. The molecule has 1 saturated carbocycles. The van der Waals surface area contributed by atoms with Crippen molar-refractivity contribution in [3.05, 3.63) is 54.6 Å². The van der Waals surface area contributed by atoms with Gasteiger partial charge in [0.2, 0.25) is 0 Å². The van der Waals surface area contributed by atoms with E-state index in [1.54, 1.807) is 11.8 Å². The van der Waals surface area contributed by atoms with Gasteiger partial charge in [-0.3, -0.25) is 0 Å². The zero-order valence-corrected chi connectivity index (χ0v) is 12.3. The molecule has 0 atom stereocenters. The van der Waals surface area contributed by atoms with Gasteiger partial charge in [-0.05, 0) is 25.0 Å². The molecule has 0 spiro atoms. The molecule has 0 saturated heterocycles. The summed E-state index contributed by atoms with van der Waals surface area (Å²) < 4.78 is 4.09. The molecule has 5 nitrogen and oxygen atoms in total. The summed E-state index contributed by atoms with van der Waals surface area (Å²) in [6.45, 7) is 0. The lowest BCUT2D eigenvalue weighted by Gasteiger charge is -2.02. The second kappa shape index (κ2) is 5.37. The molecule has 0 N–H and O–H groups in total. The minimum Gasteiger partial charge on any atom is -0.306 e. The second-order valence-corrected chi connectivity index (χ2v) is 6.11. The summed E-state index contributed by atoms with van der Waals surface area (Å²) >= 11 is 1.72. The Morgan fingerprint density at radius 2 is 2.05 bits per heavy atom. The van der Waals surface area contributed by atoms with Crippen molar-refractivity contribution in [2.75, 3.05) is 0 Å². The molecule has 106 valence electrons. The second-order valence-electron chi connectivity index (χ2n) is 5.17. The number of rotatable bonds is 5. The quantitative estimate of drug-likeness (QED) is 0.679. The summed E-state index contributed by atoms with van der Waals surface area (Å²) in [5.74, 6) is 0.859. The van der Waals surface area contributed by atoms with Crippen molar-refractivity contribution < 1.29 is 0 Å². The molecule has 4 rings (SSSR count). The van der Waals surface area contributed by atoms with E-state index >= 15 is 0 Å². The number of aromatic nitrogens is 5. The zero-order chi connectivity index (χ0) is 14.1. The van der Waals surface area contributed by atoms with E-state index in [4.69, 9.17) is 0 Å². The maximum Gasteiger partial charge on any atom is 0.191 e. The third-order valence-corrected chi connectivity index (χ3v) is 4.53. The molecule has 1 aromatic carbocycles. The Balaban J connectivity index is 1.46. The highest BCUT2D eigenvalue weighted by atomic mass is 32.2. The van der Waals surface area contributed by atoms with Gasteiger partial charge in [0.15, 0.2) is 5.16 Å². The molecular weight excluding hydrogens is 282 g/mol. The van der Waals surface area contributed by atoms with Crippen molar-refractivity contribution in [2.24, 2.45) is 0 Å². The van der Waals surface area contributed by atoms with Gasteiger partial charge in [-0.15, -0.1) is 10.2 Å². The van der Waals surface area contributed by atoms with Crippen molar-refractivity contribution in [3.8, 4) is 5.69 Å². The number of para-hydroxylation sites is 1. The Bertz CT molecular complexity index is 729. The fourth-order valence-electron chi connectivity index (χ4n) is 2.24. The molecule has 3 aromatic rings. The van der Waals surface area contributed by atoms with Crippen LogP contribution in [0.25, 0.3) is 5.69 Å². The summed E-state index contributed by atoms with van der Waals surface area (Å²) in [4.78, 5) is 0. The maximum absolute atomic E-state index is 4.42. The summed E-state index contributed by atoms with van der Waals surface area (Å²) in [5, 5.41) is 13.6. The molecule has 1 aliphatic carbocycles. The van der Waals surface area contributed by atoms with Gasteiger partial charge in [0.1, 0.15) is 6.33 Å².